The Morgan fingerprint density at radius 2 is 1.19 bits per heavy atom. The highest BCUT2D eigenvalue weighted by Crippen LogP contribution is 2.36. The minimum absolute atomic E-state index is 0.00489. The molecule has 0 fully saturated rings. The molecule has 1 amide bonds. The molecule has 0 spiro atoms. The van der Waals surface area contributed by atoms with E-state index in [4.69, 9.17) is 0 Å². The molecular formula is C28H53N2O5P. The van der Waals surface area contributed by atoms with E-state index < -0.39 is 25.2 Å². The number of Topliss-reactive ketones (excluding diaryl/α,β-unsaturated/α-hetero) is 1. The number of amides is 1. The third-order valence-corrected chi connectivity index (χ3v) is 7.75. The van der Waals surface area contributed by atoms with Crippen molar-refractivity contribution in [3.05, 3.63) is 0 Å². The summed E-state index contributed by atoms with van der Waals surface area (Å²) in [6.07, 6.45) is 18.0. The number of carbonyl (C=O) groups excluding carboxylic acids is 4. The molecule has 2 atom stereocenters. The van der Waals surface area contributed by atoms with Crippen molar-refractivity contribution in [2.75, 3.05) is 13.6 Å². The fraction of sp³-hybridized carbons (Fsp3) is 0.857. The standard InChI is InChI=1S/C28H53N2O5P/c1-4-5-6-7-8-9-10-11-12-13-14-15-16-19-26(32)22-25(30-24(2)31)23-28(34)36(35)27(33)20-17-18-21-29-3/h25,29,35H,4-23H2,1-3H3,(H,30,31). The number of ketones is 1. The topological polar surface area (TPSA) is 113 Å². The van der Waals surface area contributed by atoms with E-state index in [9.17, 15) is 24.1 Å². The van der Waals surface area contributed by atoms with Gasteiger partial charge in [0.15, 0.2) is 19.2 Å². The number of hydrogen-bond acceptors (Lipinski definition) is 6. The van der Waals surface area contributed by atoms with Crippen LogP contribution in [0.15, 0.2) is 0 Å². The average Bonchev–Trinajstić information content (AvgIpc) is 2.83. The monoisotopic (exact) mass is 528 g/mol. The fourth-order valence-electron chi connectivity index (χ4n) is 4.30. The van der Waals surface area contributed by atoms with Crippen LogP contribution >= 0.6 is 8.15 Å². The van der Waals surface area contributed by atoms with Crippen molar-refractivity contribution in [1.82, 2.24) is 10.6 Å². The quantitative estimate of drug-likeness (QED) is 0.0916. The highest BCUT2D eigenvalue weighted by molar-refractivity contribution is 7.84. The van der Waals surface area contributed by atoms with Crippen molar-refractivity contribution in [3.8, 4) is 0 Å². The van der Waals surface area contributed by atoms with Crippen molar-refractivity contribution < 1.29 is 24.1 Å². The number of rotatable bonds is 26. The summed E-state index contributed by atoms with van der Waals surface area (Å²) in [4.78, 5) is 58.6. The number of unbranched alkanes of at least 4 members (excludes halogenated alkanes) is 13. The first-order valence-electron chi connectivity index (χ1n) is 14.3. The van der Waals surface area contributed by atoms with Crippen molar-refractivity contribution in [2.45, 2.75) is 142 Å². The summed E-state index contributed by atoms with van der Waals surface area (Å²) in [6.45, 7) is 4.36. The van der Waals surface area contributed by atoms with Crippen molar-refractivity contribution in [2.24, 2.45) is 0 Å². The van der Waals surface area contributed by atoms with E-state index >= 15 is 0 Å². The van der Waals surface area contributed by atoms with Gasteiger partial charge in [-0.05, 0) is 32.9 Å². The van der Waals surface area contributed by atoms with Gasteiger partial charge in [-0.15, -0.1) is 0 Å². The zero-order chi connectivity index (χ0) is 27.0. The molecule has 0 radical (unpaired) electrons. The summed E-state index contributed by atoms with van der Waals surface area (Å²) in [5, 5.41) is 5.63. The maximum Gasteiger partial charge on any atom is 0.217 e. The molecule has 36 heavy (non-hydrogen) atoms. The Morgan fingerprint density at radius 1 is 0.694 bits per heavy atom. The van der Waals surface area contributed by atoms with Crippen LogP contribution in [0.2, 0.25) is 0 Å². The Kier molecular flexibility index (Phi) is 23.4. The zero-order valence-electron chi connectivity index (χ0n) is 23.2. The van der Waals surface area contributed by atoms with Crippen LogP contribution in [0, 0.1) is 0 Å². The van der Waals surface area contributed by atoms with Crippen molar-refractivity contribution >= 4 is 30.9 Å². The molecule has 0 saturated heterocycles. The molecule has 0 bridgehead atoms. The molecule has 0 heterocycles. The van der Waals surface area contributed by atoms with E-state index in [1.54, 1.807) is 0 Å². The lowest BCUT2D eigenvalue weighted by molar-refractivity contribution is -0.122. The molecule has 0 saturated carbocycles. The van der Waals surface area contributed by atoms with Gasteiger partial charge >= 0.3 is 0 Å². The Balaban J connectivity index is 4.08. The maximum absolute atomic E-state index is 12.4. The second kappa shape index (κ2) is 24.2. The van der Waals surface area contributed by atoms with Crippen LogP contribution in [-0.2, 0) is 19.2 Å². The summed E-state index contributed by atoms with van der Waals surface area (Å²) in [6, 6.07) is -0.668. The highest BCUT2D eigenvalue weighted by Gasteiger charge is 2.27. The van der Waals surface area contributed by atoms with E-state index in [0.717, 1.165) is 32.2 Å². The predicted molar refractivity (Wildman–Crippen MR) is 149 cm³/mol. The largest absolute Gasteiger partial charge is 0.360 e. The van der Waals surface area contributed by atoms with E-state index in [2.05, 4.69) is 17.6 Å². The van der Waals surface area contributed by atoms with Gasteiger partial charge in [0, 0.05) is 38.6 Å². The van der Waals surface area contributed by atoms with Gasteiger partial charge in [0.05, 0.1) is 0 Å². The van der Waals surface area contributed by atoms with Gasteiger partial charge in [-0.25, -0.2) is 0 Å². The van der Waals surface area contributed by atoms with E-state index in [0.29, 0.717) is 12.8 Å². The molecule has 0 aromatic carbocycles. The molecule has 3 N–H and O–H groups in total. The van der Waals surface area contributed by atoms with Crippen molar-refractivity contribution in [1.29, 1.82) is 0 Å². The molecular weight excluding hydrogens is 475 g/mol. The molecule has 0 aromatic heterocycles. The van der Waals surface area contributed by atoms with Gasteiger partial charge in [-0.1, -0.05) is 84.0 Å². The predicted octanol–water partition coefficient (Wildman–Crippen LogP) is 6.15. The highest BCUT2D eigenvalue weighted by atomic mass is 31.1. The molecule has 0 aromatic rings. The van der Waals surface area contributed by atoms with Gasteiger partial charge in [-0.3, -0.25) is 19.2 Å². The molecule has 0 rings (SSSR count). The minimum Gasteiger partial charge on any atom is -0.360 e. The summed E-state index contributed by atoms with van der Waals surface area (Å²) in [5.74, 6) is -0.326. The van der Waals surface area contributed by atoms with Crippen LogP contribution in [0.25, 0.3) is 0 Å². The van der Waals surface area contributed by atoms with Crippen LogP contribution in [-0.4, -0.2) is 47.3 Å². The van der Waals surface area contributed by atoms with Crippen LogP contribution < -0.4 is 10.6 Å². The van der Waals surface area contributed by atoms with E-state index in [1.165, 1.54) is 71.1 Å². The summed E-state index contributed by atoms with van der Waals surface area (Å²) in [5.41, 5.74) is -1.01. The van der Waals surface area contributed by atoms with Gasteiger partial charge in [0.25, 0.3) is 0 Å². The molecule has 2 unspecified atom stereocenters. The van der Waals surface area contributed by atoms with Crippen LogP contribution in [0.5, 0.6) is 0 Å². The number of nitrogens with one attached hydrogen (secondary N) is 2. The smallest absolute Gasteiger partial charge is 0.217 e. The third kappa shape index (κ3) is 21.0. The second-order valence-corrected chi connectivity index (χ2v) is 11.6. The summed E-state index contributed by atoms with van der Waals surface area (Å²) >= 11 is 0. The minimum atomic E-state index is -2.39. The van der Waals surface area contributed by atoms with Gasteiger partial charge in [0.1, 0.15) is 5.78 Å². The number of carbonyl (C=O) groups is 4. The SMILES string of the molecule is CCCCCCCCCCCCCCCC(=O)CC(CC(=O)P(O)C(=O)CCCCNC)NC(C)=O. The first-order chi connectivity index (χ1) is 17.3. The van der Waals surface area contributed by atoms with E-state index in [1.807, 2.05) is 7.05 Å². The normalized spacial score (nSPS) is 12.8. The second-order valence-electron chi connectivity index (χ2n) is 10.00. The molecule has 0 aliphatic heterocycles. The van der Waals surface area contributed by atoms with Crippen molar-refractivity contribution in [3.63, 3.8) is 0 Å². The van der Waals surface area contributed by atoms with Crippen LogP contribution in [0.3, 0.4) is 0 Å². The first kappa shape index (κ1) is 34.8. The van der Waals surface area contributed by atoms with Gasteiger partial charge in [-0.2, -0.15) is 0 Å². The Labute approximate surface area is 221 Å². The van der Waals surface area contributed by atoms with Gasteiger partial charge < -0.3 is 15.5 Å². The molecule has 210 valence electrons. The fourth-order valence-corrected chi connectivity index (χ4v) is 5.34. The lowest BCUT2D eigenvalue weighted by Crippen LogP contribution is -2.36. The summed E-state index contributed by atoms with van der Waals surface area (Å²) < 4.78 is 0. The first-order valence-corrected chi connectivity index (χ1v) is 15.6. The lowest BCUT2D eigenvalue weighted by atomic mass is 10.0. The Bertz CT molecular complexity index is 615. The lowest BCUT2D eigenvalue weighted by Gasteiger charge is -2.18. The Hall–Kier alpha value is -1.17. The maximum atomic E-state index is 12.4. The third-order valence-electron chi connectivity index (χ3n) is 6.40. The van der Waals surface area contributed by atoms with Gasteiger partial charge in [0.2, 0.25) is 5.91 Å². The Morgan fingerprint density at radius 3 is 1.69 bits per heavy atom. The summed E-state index contributed by atoms with van der Waals surface area (Å²) in [7, 11) is -0.569. The molecule has 7 nitrogen and oxygen atoms in total. The van der Waals surface area contributed by atoms with E-state index in [-0.39, 0.29) is 31.0 Å². The molecule has 0 aliphatic carbocycles. The molecule has 0 aliphatic rings. The molecule has 8 heteroatoms. The van der Waals surface area contributed by atoms with Crippen LogP contribution in [0.1, 0.15) is 136 Å². The van der Waals surface area contributed by atoms with Crippen LogP contribution in [0.4, 0.5) is 0 Å². The zero-order valence-corrected chi connectivity index (χ0v) is 24.1. The number of hydrogen-bond donors (Lipinski definition) is 3. The average molecular weight is 529 g/mol.